The van der Waals surface area contributed by atoms with Gasteiger partial charge in [-0.1, -0.05) is 0 Å². The van der Waals surface area contributed by atoms with Gasteiger partial charge in [-0.15, -0.1) is 12.3 Å². The van der Waals surface area contributed by atoms with E-state index in [0.29, 0.717) is 5.54 Å². The van der Waals surface area contributed by atoms with E-state index in [1.807, 2.05) is 0 Å². The monoisotopic (exact) mass is 208 g/mol. The van der Waals surface area contributed by atoms with Crippen molar-refractivity contribution in [1.82, 2.24) is 9.80 Å². The van der Waals surface area contributed by atoms with Crippen LogP contribution in [0.25, 0.3) is 0 Å². The van der Waals surface area contributed by atoms with Crippen LogP contribution in [0.3, 0.4) is 0 Å². The number of unbranched alkanes of at least 4 members (excludes halogenated alkanes) is 1. The van der Waals surface area contributed by atoms with Gasteiger partial charge >= 0.3 is 0 Å². The molecule has 1 saturated carbocycles. The van der Waals surface area contributed by atoms with E-state index in [1.54, 1.807) is 0 Å². The molecule has 0 heterocycles. The van der Waals surface area contributed by atoms with E-state index in [0.717, 1.165) is 19.4 Å². The van der Waals surface area contributed by atoms with Gasteiger partial charge in [0.05, 0.1) is 0 Å². The van der Waals surface area contributed by atoms with Crippen molar-refractivity contribution in [3.05, 3.63) is 0 Å². The Hall–Kier alpha value is -0.520. The fourth-order valence-corrected chi connectivity index (χ4v) is 2.36. The first-order valence-corrected chi connectivity index (χ1v) is 5.90. The third kappa shape index (κ3) is 3.22. The fraction of sp³-hybridized carbons (Fsp3) is 0.846. The van der Waals surface area contributed by atoms with Gasteiger partial charge in [0.25, 0.3) is 0 Å². The number of rotatable bonds is 6. The second kappa shape index (κ2) is 5.53. The molecule has 0 saturated heterocycles. The maximum Gasteiger partial charge on any atom is 0.0330 e. The van der Waals surface area contributed by atoms with Gasteiger partial charge < -0.3 is 9.80 Å². The van der Waals surface area contributed by atoms with Crippen molar-refractivity contribution >= 4 is 0 Å². The van der Waals surface area contributed by atoms with Crippen LogP contribution in [-0.4, -0.2) is 49.6 Å². The van der Waals surface area contributed by atoms with E-state index < -0.39 is 0 Å². The van der Waals surface area contributed by atoms with Gasteiger partial charge in [0.15, 0.2) is 0 Å². The van der Waals surface area contributed by atoms with Crippen molar-refractivity contribution < 1.29 is 0 Å². The Bertz CT molecular complexity index is 223. The summed E-state index contributed by atoms with van der Waals surface area (Å²) in [6.07, 6.45) is 11.4. The molecule has 0 aromatic carbocycles. The highest BCUT2D eigenvalue weighted by Gasteiger charge is 2.39. The molecule has 1 aliphatic carbocycles. The van der Waals surface area contributed by atoms with Crippen LogP contribution in [0.2, 0.25) is 0 Å². The molecule has 2 nitrogen and oxygen atoms in total. The average molecular weight is 208 g/mol. The molecule has 0 aromatic heterocycles. The second-order valence-corrected chi connectivity index (χ2v) is 5.02. The summed E-state index contributed by atoms with van der Waals surface area (Å²) in [5.41, 5.74) is 0.449. The molecular weight excluding hydrogens is 184 g/mol. The molecule has 15 heavy (non-hydrogen) atoms. The maximum atomic E-state index is 5.25. The Morgan fingerprint density at radius 3 is 2.33 bits per heavy atom. The van der Waals surface area contributed by atoms with Crippen LogP contribution in [0.1, 0.15) is 32.1 Å². The lowest BCUT2D eigenvalue weighted by Gasteiger charge is -2.49. The van der Waals surface area contributed by atoms with Gasteiger partial charge in [-0.3, -0.25) is 0 Å². The van der Waals surface area contributed by atoms with Crippen LogP contribution < -0.4 is 0 Å². The minimum atomic E-state index is 0.449. The molecule has 0 bridgehead atoms. The molecule has 0 aliphatic heterocycles. The lowest BCUT2D eigenvalue weighted by molar-refractivity contribution is 0.0277. The van der Waals surface area contributed by atoms with E-state index >= 15 is 0 Å². The number of hydrogen-bond donors (Lipinski definition) is 0. The molecule has 0 amide bonds. The molecule has 0 N–H and O–H groups in total. The van der Waals surface area contributed by atoms with Gasteiger partial charge in [-0.25, -0.2) is 0 Å². The minimum absolute atomic E-state index is 0.449. The lowest BCUT2D eigenvalue weighted by Crippen LogP contribution is -2.56. The summed E-state index contributed by atoms with van der Waals surface area (Å²) < 4.78 is 0. The lowest BCUT2D eigenvalue weighted by atomic mass is 9.75. The zero-order valence-corrected chi connectivity index (χ0v) is 10.4. The van der Waals surface area contributed by atoms with E-state index in [4.69, 9.17) is 6.42 Å². The van der Waals surface area contributed by atoms with Crippen molar-refractivity contribution in [2.24, 2.45) is 0 Å². The fourth-order valence-electron chi connectivity index (χ4n) is 2.36. The SMILES string of the molecule is C#CCCCN(C)CC1(N(C)C)CCC1. The molecule has 0 aromatic rings. The number of likely N-dealkylation sites (N-methyl/N-ethyl adjacent to an activating group) is 2. The quantitative estimate of drug-likeness (QED) is 0.485. The van der Waals surface area contributed by atoms with Crippen LogP contribution in [0.5, 0.6) is 0 Å². The van der Waals surface area contributed by atoms with Gasteiger partial charge in [0.1, 0.15) is 0 Å². The molecule has 1 rings (SSSR count). The van der Waals surface area contributed by atoms with Crippen LogP contribution in [0.4, 0.5) is 0 Å². The van der Waals surface area contributed by atoms with Crippen molar-refractivity contribution in [3.63, 3.8) is 0 Å². The molecular formula is C13H24N2. The Balaban J connectivity index is 2.29. The Morgan fingerprint density at radius 2 is 1.93 bits per heavy atom. The highest BCUT2D eigenvalue weighted by molar-refractivity contribution is 4.97. The molecule has 1 aliphatic rings. The van der Waals surface area contributed by atoms with E-state index in [1.165, 1.54) is 25.8 Å². The summed E-state index contributed by atoms with van der Waals surface area (Å²) in [6, 6.07) is 0. The molecule has 0 radical (unpaired) electrons. The average Bonchev–Trinajstić information content (AvgIpc) is 2.11. The molecule has 2 heteroatoms. The van der Waals surface area contributed by atoms with E-state index in [9.17, 15) is 0 Å². The predicted octanol–water partition coefficient (Wildman–Crippen LogP) is 1.82. The first kappa shape index (κ1) is 12.5. The molecule has 0 unspecified atom stereocenters. The molecule has 0 spiro atoms. The van der Waals surface area contributed by atoms with Crippen LogP contribution in [0.15, 0.2) is 0 Å². The van der Waals surface area contributed by atoms with Crippen molar-refractivity contribution in [2.75, 3.05) is 34.2 Å². The largest absolute Gasteiger partial charge is 0.304 e. The highest BCUT2D eigenvalue weighted by atomic mass is 15.2. The van der Waals surface area contributed by atoms with Crippen molar-refractivity contribution in [1.29, 1.82) is 0 Å². The van der Waals surface area contributed by atoms with Gasteiger partial charge in [0, 0.05) is 18.5 Å². The summed E-state index contributed by atoms with van der Waals surface area (Å²) in [5.74, 6) is 2.70. The first-order chi connectivity index (χ1) is 7.10. The van der Waals surface area contributed by atoms with Gasteiger partial charge in [-0.2, -0.15) is 0 Å². The Labute approximate surface area is 94.6 Å². The predicted molar refractivity (Wildman–Crippen MR) is 65.8 cm³/mol. The standard InChI is InChI=1S/C13H24N2/c1-5-6-7-11-15(4)12-13(14(2)3)9-8-10-13/h1H,6-12H2,2-4H3. The van der Waals surface area contributed by atoms with Crippen LogP contribution >= 0.6 is 0 Å². The zero-order chi connectivity index (χ0) is 11.3. The van der Waals surface area contributed by atoms with E-state index in [-0.39, 0.29) is 0 Å². The topological polar surface area (TPSA) is 6.48 Å². The third-order valence-corrected chi connectivity index (χ3v) is 3.66. The molecule has 86 valence electrons. The number of terminal acetylenes is 1. The second-order valence-electron chi connectivity index (χ2n) is 5.02. The summed E-state index contributed by atoms with van der Waals surface area (Å²) in [5, 5.41) is 0. The smallest absolute Gasteiger partial charge is 0.0330 e. The summed E-state index contributed by atoms with van der Waals surface area (Å²) >= 11 is 0. The Kier molecular flexibility index (Phi) is 4.63. The minimum Gasteiger partial charge on any atom is -0.304 e. The normalized spacial score (nSPS) is 18.9. The van der Waals surface area contributed by atoms with Crippen molar-refractivity contribution in [2.45, 2.75) is 37.6 Å². The number of hydrogen-bond acceptors (Lipinski definition) is 2. The summed E-state index contributed by atoms with van der Waals surface area (Å²) in [7, 11) is 6.61. The number of nitrogens with zero attached hydrogens (tertiary/aromatic N) is 2. The third-order valence-electron chi connectivity index (χ3n) is 3.66. The zero-order valence-electron chi connectivity index (χ0n) is 10.4. The molecule has 0 atom stereocenters. The summed E-state index contributed by atoms with van der Waals surface area (Å²) in [6.45, 7) is 2.31. The van der Waals surface area contributed by atoms with Crippen molar-refractivity contribution in [3.8, 4) is 12.3 Å². The van der Waals surface area contributed by atoms with Gasteiger partial charge in [-0.05, 0) is 53.4 Å². The van der Waals surface area contributed by atoms with Gasteiger partial charge in [0.2, 0.25) is 0 Å². The van der Waals surface area contributed by atoms with Crippen LogP contribution in [0, 0.1) is 12.3 Å². The van der Waals surface area contributed by atoms with E-state index in [2.05, 4.69) is 36.9 Å². The Morgan fingerprint density at radius 1 is 1.27 bits per heavy atom. The highest BCUT2D eigenvalue weighted by Crippen LogP contribution is 2.36. The van der Waals surface area contributed by atoms with Crippen LogP contribution in [-0.2, 0) is 0 Å². The first-order valence-electron chi connectivity index (χ1n) is 5.90. The molecule has 1 fully saturated rings. The summed E-state index contributed by atoms with van der Waals surface area (Å²) in [4.78, 5) is 4.82. The maximum absolute atomic E-state index is 5.25.